The number of thiazole rings is 1. The van der Waals surface area contributed by atoms with E-state index in [9.17, 15) is 14.7 Å². The van der Waals surface area contributed by atoms with E-state index < -0.39 is 17.7 Å². The second-order valence-corrected chi connectivity index (χ2v) is 8.93. The predicted molar refractivity (Wildman–Crippen MR) is 125 cm³/mol. The molecular formula is C24H21ClN2O4S. The normalized spacial score (nSPS) is 17.8. The minimum atomic E-state index is -0.830. The van der Waals surface area contributed by atoms with Gasteiger partial charge in [-0.3, -0.25) is 14.5 Å². The van der Waals surface area contributed by atoms with Gasteiger partial charge in [-0.05, 0) is 62.7 Å². The number of hydrogen-bond acceptors (Lipinski definition) is 6. The Kier molecular flexibility index (Phi) is 6.04. The Hall–Kier alpha value is -3.16. The maximum absolute atomic E-state index is 13.1. The van der Waals surface area contributed by atoms with Crippen LogP contribution in [0.2, 0.25) is 5.02 Å². The van der Waals surface area contributed by atoms with Crippen LogP contribution in [0.1, 0.15) is 34.7 Å². The highest BCUT2D eigenvalue weighted by molar-refractivity contribution is 7.16. The van der Waals surface area contributed by atoms with E-state index in [1.807, 2.05) is 20.8 Å². The van der Waals surface area contributed by atoms with E-state index in [1.54, 1.807) is 48.5 Å². The van der Waals surface area contributed by atoms with Gasteiger partial charge in [0.25, 0.3) is 5.78 Å². The van der Waals surface area contributed by atoms with E-state index in [4.69, 9.17) is 16.3 Å². The van der Waals surface area contributed by atoms with Crippen molar-refractivity contribution in [2.24, 2.45) is 0 Å². The van der Waals surface area contributed by atoms with Crippen LogP contribution in [0, 0.1) is 13.8 Å². The molecule has 1 aliphatic heterocycles. The molecule has 3 aromatic rings. The van der Waals surface area contributed by atoms with E-state index >= 15 is 0 Å². The molecule has 164 valence electrons. The second kappa shape index (κ2) is 8.76. The third-order valence-electron chi connectivity index (χ3n) is 5.29. The van der Waals surface area contributed by atoms with Crippen molar-refractivity contribution >= 4 is 45.5 Å². The first-order chi connectivity index (χ1) is 15.3. The van der Waals surface area contributed by atoms with Gasteiger partial charge in [0.1, 0.15) is 11.5 Å². The molecule has 1 amide bonds. The number of nitrogens with zero attached hydrogens (tertiary/aromatic N) is 2. The number of amides is 1. The molecule has 32 heavy (non-hydrogen) atoms. The number of aliphatic hydroxyl groups is 1. The van der Waals surface area contributed by atoms with Crippen LogP contribution >= 0.6 is 22.9 Å². The van der Waals surface area contributed by atoms with Crippen molar-refractivity contribution in [2.75, 3.05) is 11.5 Å². The number of carbonyl (C=O) groups excluding carboxylic acids is 2. The number of aryl methyl sites for hydroxylation is 2. The summed E-state index contributed by atoms with van der Waals surface area (Å²) in [4.78, 5) is 33.0. The number of ether oxygens (including phenoxy) is 1. The number of benzene rings is 2. The highest BCUT2D eigenvalue weighted by Gasteiger charge is 2.48. The van der Waals surface area contributed by atoms with E-state index in [0.717, 1.165) is 10.6 Å². The SMILES string of the molecule is CCOc1ccc(C(O)=C2C(=O)C(=O)N(c3nc(C)c(C)s3)[C@@H]2c2ccc(Cl)cc2)cc1. The molecular weight excluding hydrogens is 448 g/mol. The molecule has 2 aromatic carbocycles. The molecule has 1 aromatic heterocycles. The summed E-state index contributed by atoms with van der Waals surface area (Å²) in [5.41, 5.74) is 1.85. The Morgan fingerprint density at radius 3 is 2.34 bits per heavy atom. The number of hydrogen-bond donors (Lipinski definition) is 1. The lowest BCUT2D eigenvalue weighted by Gasteiger charge is -2.23. The Morgan fingerprint density at radius 1 is 1.12 bits per heavy atom. The van der Waals surface area contributed by atoms with Gasteiger partial charge < -0.3 is 9.84 Å². The lowest BCUT2D eigenvalue weighted by Crippen LogP contribution is -2.29. The minimum absolute atomic E-state index is 0.00647. The number of carbonyl (C=O) groups is 2. The molecule has 1 fully saturated rings. The molecule has 0 radical (unpaired) electrons. The van der Waals surface area contributed by atoms with Gasteiger partial charge in [-0.15, -0.1) is 11.3 Å². The average molecular weight is 469 g/mol. The third kappa shape index (κ3) is 3.89. The average Bonchev–Trinajstić information content (AvgIpc) is 3.24. The molecule has 4 rings (SSSR count). The fraction of sp³-hybridized carbons (Fsp3) is 0.208. The van der Waals surface area contributed by atoms with E-state index in [-0.39, 0.29) is 11.3 Å². The van der Waals surface area contributed by atoms with E-state index in [1.165, 1.54) is 16.2 Å². The Labute approximate surface area is 194 Å². The molecule has 6 nitrogen and oxygen atoms in total. The molecule has 1 aliphatic rings. The highest BCUT2D eigenvalue weighted by Crippen LogP contribution is 2.44. The first-order valence-electron chi connectivity index (χ1n) is 10.1. The number of Topliss-reactive ketones (excluding diaryl/α,β-unsaturated/α-hetero) is 1. The topological polar surface area (TPSA) is 79.7 Å². The lowest BCUT2D eigenvalue weighted by molar-refractivity contribution is -0.132. The van der Waals surface area contributed by atoms with Gasteiger partial charge in [0.15, 0.2) is 5.13 Å². The van der Waals surface area contributed by atoms with E-state index in [0.29, 0.717) is 33.6 Å². The number of rotatable bonds is 5. The summed E-state index contributed by atoms with van der Waals surface area (Å²) in [7, 11) is 0. The van der Waals surface area contributed by atoms with Crippen LogP contribution in [0.15, 0.2) is 54.1 Å². The van der Waals surface area contributed by atoms with Crippen LogP contribution in [-0.2, 0) is 9.59 Å². The predicted octanol–water partition coefficient (Wildman–Crippen LogP) is 5.44. The highest BCUT2D eigenvalue weighted by atomic mass is 35.5. The maximum atomic E-state index is 13.1. The molecule has 2 heterocycles. The maximum Gasteiger partial charge on any atom is 0.301 e. The van der Waals surface area contributed by atoms with Gasteiger partial charge in [0, 0.05) is 15.5 Å². The van der Waals surface area contributed by atoms with Gasteiger partial charge in [-0.1, -0.05) is 23.7 Å². The molecule has 0 saturated carbocycles. The largest absolute Gasteiger partial charge is 0.507 e. The number of aromatic nitrogens is 1. The summed E-state index contributed by atoms with van der Waals surface area (Å²) in [5, 5.41) is 12.1. The molecule has 1 atom stereocenters. The number of halogens is 1. The number of ketones is 1. The summed E-state index contributed by atoms with van der Waals surface area (Å²) in [6, 6.07) is 12.8. The summed E-state index contributed by atoms with van der Waals surface area (Å²) >= 11 is 7.39. The lowest BCUT2D eigenvalue weighted by atomic mass is 9.95. The molecule has 0 spiro atoms. The molecule has 0 aliphatic carbocycles. The third-order valence-corrected chi connectivity index (χ3v) is 6.62. The molecule has 1 saturated heterocycles. The summed E-state index contributed by atoms with van der Waals surface area (Å²) < 4.78 is 5.45. The van der Waals surface area contributed by atoms with Gasteiger partial charge in [0.2, 0.25) is 0 Å². The van der Waals surface area contributed by atoms with Crippen molar-refractivity contribution in [1.82, 2.24) is 4.98 Å². The number of anilines is 1. The summed E-state index contributed by atoms with van der Waals surface area (Å²) in [6.07, 6.45) is 0. The van der Waals surface area contributed by atoms with Crippen molar-refractivity contribution in [2.45, 2.75) is 26.8 Å². The summed E-state index contributed by atoms with van der Waals surface area (Å²) in [6.45, 7) is 6.15. The zero-order valence-electron chi connectivity index (χ0n) is 17.8. The van der Waals surface area contributed by atoms with Crippen molar-refractivity contribution in [3.63, 3.8) is 0 Å². The Balaban J connectivity index is 1.89. The molecule has 1 N–H and O–H groups in total. The van der Waals surface area contributed by atoms with Gasteiger partial charge >= 0.3 is 5.91 Å². The van der Waals surface area contributed by atoms with Crippen molar-refractivity contribution < 1.29 is 19.4 Å². The number of aliphatic hydroxyl groups excluding tert-OH is 1. The zero-order chi connectivity index (χ0) is 23.0. The van der Waals surface area contributed by atoms with Crippen LogP contribution < -0.4 is 9.64 Å². The zero-order valence-corrected chi connectivity index (χ0v) is 19.3. The quantitative estimate of drug-likeness (QED) is 0.306. The van der Waals surface area contributed by atoms with Crippen LogP contribution in [-0.4, -0.2) is 28.4 Å². The van der Waals surface area contributed by atoms with E-state index in [2.05, 4.69) is 4.98 Å². The van der Waals surface area contributed by atoms with Crippen molar-refractivity contribution in [1.29, 1.82) is 0 Å². The first kappa shape index (κ1) is 22.0. The van der Waals surface area contributed by atoms with Gasteiger partial charge in [-0.2, -0.15) is 0 Å². The van der Waals surface area contributed by atoms with Crippen LogP contribution in [0.4, 0.5) is 5.13 Å². The van der Waals surface area contributed by atoms with Crippen molar-refractivity contribution in [3.05, 3.63) is 80.8 Å². The smallest absolute Gasteiger partial charge is 0.301 e. The molecule has 0 bridgehead atoms. The van der Waals surface area contributed by atoms with Gasteiger partial charge in [-0.25, -0.2) is 4.98 Å². The first-order valence-corrected chi connectivity index (χ1v) is 11.2. The Morgan fingerprint density at radius 2 is 1.78 bits per heavy atom. The van der Waals surface area contributed by atoms with Crippen LogP contribution in [0.3, 0.4) is 0 Å². The standard InChI is InChI=1S/C24H21ClN2O4S/c1-4-31-18-11-7-16(8-12-18)21(28)19-20(15-5-9-17(25)10-6-15)27(23(30)22(19)29)24-26-13(2)14(3)32-24/h5-12,20,28H,4H2,1-3H3/t20-/m1/s1. The van der Waals surface area contributed by atoms with Crippen LogP contribution in [0.25, 0.3) is 5.76 Å². The molecule has 8 heteroatoms. The molecule has 0 unspecified atom stereocenters. The second-order valence-electron chi connectivity index (χ2n) is 7.32. The summed E-state index contributed by atoms with van der Waals surface area (Å²) in [5.74, 6) is -1.10. The van der Waals surface area contributed by atoms with Crippen LogP contribution in [0.5, 0.6) is 5.75 Å². The van der Waals surface area contributed by atoms with Crippen molar-refractivity contribution in [3.8, 4) is 5.75 Å². The fourth-order valence-electron chi connectivity index (χ4n) is 3.58. The monoisotopic (exact) mass is 468 g/mol. The van der Waals surface area contributed by atoms with Gasteiger partial charge in [0.05, 0.1) is 23.9 Å². The Bertz CT molecular complexity index is 1200. The fourth-order valence-corrected chi connectivity index (χ4v) is 4.64. The minimum Gasteiger partial charge on any atom is -0.507 e.